The highest BCUT2D eigenvalue weighted by atomic mass is 16.5. The highest BCUT2D eigenvalue weighted by Gasteiger charge is 2.33. The zero-order valence-corrected chi connectivity index (χ0v) is 15.3. The topological polar surface area (TPSA) is 59.7 Å². The Morgan fingerprint density at radius 1 is 1.23 bits per heavy atom. The molecule has 0 aliphatic carbocycles. The van der Waals surface area contributed by atoms with Crippen molar-refractivity contribution in [2.75, 3.05) is 13.7 Å². The van der Waals surface area contributed by atoms with Crippen molar-refractivity contribution < 1.29 is 9.53 Å². The molecule has 0 spiro atoms. The zero-order chi connectivity index (χ0) is 18.3. The Morgan fingerprint density at radius 2 is 2.04 bits per heavy atom. The van der Waals surface area contributed by atoms with E-state index in [4.69, 9.17) is 4.74 Å². The largest absolute Gasteiger partial charge is 0.496 e. The van der Waals surface area contributed by atoms with Gasteiger partial charge in [0.1, 0.15) is 11.4 Å². The van der Waals surface area contributed by atoms with Gasteiger partial charge in [-0.2, -0.15) is 5.10 Å². The molecule has 3 aromatic rings. The molecule has 0 N–H and O–H groups in total. The fraction of sp³-hybridized carbons (Fsp3) is 0.350. The van der Waals surface area contributed by atoms with Gasteiger partial charge in [0, 0.05) is 23.9 Å². The average Bonchev–Trinajstić information content (AvgIpc) is 3.27. The first-order chi connectivity index (χ1) is 12.6. The van der Waals surface area contributed by atoms with Crippen LogP contribution in [0.25, 0.3) is 5.65 Å². The molecule has 2 aromatic heterocycles. The van der Waals surface area contributed by atoms with Gasteiger partial charge in [-0.15, -0.1) is 0 Å². The minimum Gasteiger partial charge on any atom is -0.496 e. The summed E-state index contributed by atoms with van der Waals surface area (Å²) in [5.74, 6) is 0.783. The number of rotatable bonds is 3. The number of carbonyl (C=O) groups excluding carboxylic acids is 1. The predicted octanol–water partition coefficient (Wildman–Crippen LogP) is 3.33. The van der Waals surface area contributed by atoms with E-state index in [-0.39, 0.29) is 11.9 Å². The van der Waals surface area contributed by atoms with Crippen molar-refractivity contribution in [2.24, 2.45) is 0 Å². The molecule has 0 radical (unpaired) electrons. The number of methoxy groups -OCH3 is 1. The molecule has 6 heteroatoms. The summed E-state index contributed by atoms with van der Waals surface area (Å²) in [5, 5.41) is 4.41. The molecule has 1 amide bonds. The van der Waals surface area contributed by atoms with Crippen molar-refractivity contribution in [1.29, 1.82) is 0 Å². The van der Waals surface area contributed by atoms with Gasteiger partial charge in [-0.05, 0) is 38.8 Å². The number of aromatic nitrogens is 3. The van der Waals surface area contributed by atoms with E-state index in [1.54, 1.807) is 11.6 Å². The van der Waals surface area contributed by atoms with E-state index < -0.39 is 0 Å². The molecule has 4 rings (SSSR count). The number of carbonyl (C=O) groups is 1. The molecular weight excluding hydrogens is 328 g/mol. The Balaban J connectivity index is 1.71. The van der Waals surface area contributed by atoms with Crippen LogP contribution in [0, 0.1) is 13.8 Å². The maximum Gasteiger partial charge on any atom is 0.273 e. The molecule has 1 saturated heterocycles. The second-order valence-corrected chi connectivity index (χ2v) is 6.74. The monoisotopic (exact) mass is 350 g/mol. The molecule has 0 saturated carbocycles. The van der Waals surface area contributed by atoms with E-state index in [0.29, 0.717) is 11.3 Å². The Hall–Kier alpha value is -2.89. The number of nitrogens with zero attached hydrogens (tertiary/aromatic N) is 4. The Bertz CT molecular complexity index is 979. The van der Waals surface area contributed by atoms with Gasteiger partial charge in [-0.3, -0.25) is 4.79 Å². The lowest BCUT2D eigenvalue weighted by molar-refractivity contribution is 0.0728. The third-order valence-corrected chi connectivity index (χ3v) is 4.96. The van der Waals surface area contributed by atoms with E-state index in [1.165, 1.54) is 0 Å². The highest BCUT2D eigenvalue weighted by Crippen LogP contribution is 2.37. The van der Waals surface area contributed by atoms with E-state index >= 15 is 0 Å². The average molecular weight is 350 g/mol. The Labute approximate surface area is 152 Å². The normalized spacial score (nSPS) is 17.0. The molecule has 1 atom stereocenters. The first-order valence-corrected chi connectivity index (χ1v) is 8.86. The van der Waals surface area contributed by atoms with Crippen LogP contribution >= 0.6 is 0 Å². The van der Waals surface area contributed by atoms with Gasteiger partial charge in [-0.1, -0.05) is 18.2 Å². The molecular formula is C20H22N4O2. The van der Waals surface area contributed by atoms with Crippen LogP contribution in [0.1, 0.15) is 46.3 Å². The molecule has 3 heterocycles. The van der Waals surface area contributed by atoms with Gasteiger partial charge in [0.2, 0.25) is 0 Å². The van der Waals surface area contributed by atoms with Crippen LogP contribution in [-0.4, -0.2) is 39.1 Å². The van der Waals surface area contributed by atoms with E-state index in [1.807, 2.05) is 55.1 Å². The quantitative estimate of drug-likeness (QED) is 0.727. The summed E-state index contributed by atoms with van der Waals surface area (Å²) in [7, 11) is 1.67. The van der Waals surface area contributed by atoms with Crippen LogP contribution < -0.4 is 4.74 Å². The van der Waals surface area contributed by atoms with E-state index in [0.717, 1.165) is 42.1 Å². The SMILES string of the molecule is COc1ccccc1C1CCCN1C(=O)c1cc(C)n2nc(C)cc2n1. The molecule has 134 valence electrons. The number of fused-ring (bicyclic) bond motifs is 1. The van der Waals surface area contributed by atoms with E-state index in [9.17, 15) is 4.79 Å². The van der Waals surface area contributed by atoms with Crippen molar-refractivity contribution in [1.82, 2.24) is 19.5 Å². The lowest BCUT2D eigenvalue weighted by atomic mass is 10.0. The number of ether oxygens (including phenoxy) is 1. The number of benzene rings is 1. The van der Waals surface area contributed by atoms with Crippen molar-refractivity contribution in [2.45, 2.75) is 32.7 Å². The summed E-state index contributed by atoms with van der Waals surface area (Å²) in [6.07, 6.45) is 1.90. The minimum atomic E-state index is -0.0390. The zero-order valence-electron chi connectivity index (χ0n) is 15.3. The second kappa shape index (κ2) is 6.44. The van der Waals surface area contributed by atoms with E-state index in [2.05, 4.69) is 10.1 Å². The summed E-state index contributed by atoms with van der Waals surface area (Å²) in [4.78, 5) is 19.7. The summed E-state index contributed by atoms with van der Waals surface area (Å²) < 4.78 is 7.28. The maximum atomic E-state index is 13.2. The lowest BCUT2D eigenvalue weighted by Crippen LogP contribution is -2.31. The first kappa shape index (κ1) is 16.6. The number of para-hydroxylation sites is 1. The van der Waals surface area contributed by atoms with Gasteiger partial charge < -0.3 is 9.64 Å². The van der Waals surface area contributed by atoms with Crippen molar-refractivity contribution in [3.8, 4) is 5.75 Å². The number of aryl methyl sites for hydroxylation is 2. The number of hydrogen-bond acceptors (Lipinski definition) is 4. The third-order valence-electron chi connectivity index (χ3n) is 4.96. The van der Waals surface area contributed by atoms with Crippen LogP contribution in [0.5, 0.6) is 5.75 Å². The summed E-state index contributed by atoms with van der Waals surface area (Å²) >= 11 is 0. The first-order valence-electron chi connectivity index (χ1n) is 8.86. The molecule has 1 aromatic carbocycles. The minimum absolute atomic E-state index is 0.0172. The van der Waals surface area contributed by atoms with Gasteiger partial charge in [0.15, 0.2) is 5.65 Å². The van der Waals surface area contributed by atoms with Crippen molar-refractivity contribution >= 4 is 11.6 Å². The smallest absolute Gasteiger partial charge is 0.273 e. The molecule has 26 heavy (non-hydrogen) atoms. The van der Waals surface area contributed by atoms with Crippen LogP contribution in [0.2, 0.25) is 0 Å². The van der Waals surface area contributed by atoms with Gasteiger partial charge in [0.25, 0.3) is 5.91 Å². The summed E-state index contributed by atoms with van der Waals surface area (Å²) in [6.45, 7) is 4.60. The standard InChI is InChI=1S/C20H22N4O2/c1-13-11-19-21-16(12-14(2)24(19)22-13)20(25)23-10-6-8-17(23)15-7-4-5-9-18(15)26-3/h4-5,7,9,11-12,17H,6,8,10H2,1-3H3. The summed E-state index contributed by atoms with van der Waals surface area (Å²) in [5.41, 5.74) is 4.02. The second-order valence-electron chi connectivity index (χ2n) is 6.74. The predicted molar refractivity (Wildman–Crippen MR) is 98.5 cm³/mol. The Morgan fingerprint density at radius 3 is 2.85 bits per heavy atom. The van der Waals surface area contributed by atoms with Gasteiger partial charge in [-0.25, -0.2) is 9.50 Å². The van der Waals surface area contributed by atoms with Gasteiger partial charge >= 0.3 is 0 Å². The summed E-state index contributed by atoms with van der Waals surface area (Å²) in [6, 6.07) is 11.7. The van der Waals surface area contributed by atoms with Crippen LogP contribution in [0.3, 0.4) is 0 Å². The Kier molecular flexibility index (Phi) is 4.11. The fourth-order valence-electron chi connectivity index (χ4n) is 3.77. The fourth-order valence-corrected chi connectivity index (χ4v) is 3.77. The van der Waals surface area contributed by atoms with Crippen LogP contribution in [0.15, 0.2) is 36.4 Å². The number of amides is 1. The molecule has 1 aliphatic rings. The maximum absolute atomic E-state index is 13.2. The third kappa shape index (κ3) is 2.71. The van der Waals surface area contributed by atoms with Gasteiger partial charge in [0.05, 0.1) is 18.8 Å². The highest BCUT2D eigenvalue weighted by molar-refractivity contribution is 5.93. The molecule has 1 fully saturated rings. The molecule has 1 aliphatic heterocycles. The molecule has 0 bridgehead atoms. The number of hydrogen-bond donors (Lipinski definition) is 0. The molecule has 6 nitrogen and oxygen atoms in total. The lowest BCUT2D eigenvalue weighted by Gasteiger charge is -2.26. The number of likely N-dealkylation sites (tertiary alicyclic amines) is 1. The molecule has 1 unspecified atom stereocenters. The van der Waals surface area contributed by atoms with Crippen molar-refractivity contribution in [3.63, 3.8) is 0 Å². The van der Waals surface area contributed by atoms with Crippen molar-refractivity contribution in [3.05, 3.63) is 59.0 Å². The van der Waals surface area contributed by atoms with Crippen LogP contribution in [-0.2, 0) is 0 Å². The van der Waals surface area contributed by atoms with Crippen LogP contribution in [0.4, 0.5) is 0 Å².